The van der Waals surface area contributed by atoms with Gasteiger partial charge in [-0.3, -0.25) is 9.78 Å². The van der Waals surface area contributed by atoms with Crippen LogP contribution in [0.25, 0.3) is 11.3 Å². The van der Waals surface area contributed by atoms with Crippen molar-refractivity contribution >= 4 is 17.3 Å². The van der Waals surface area contributed by atoms with Crippen LogP contribution in [0.1, 0.15) is 21.5 Å². The zero-order valence-corrected chi connectivity index (χ0v) is 13.7. The van der Waals surface area contributed by atoms with Crippen molar-refractivity contribution in [1.29, 1.82) is 5.26 Å². The lowest BCUT2D eigenvalue weighted by atomic mass is 10.0. The Bertz CT molecular complexity index is 972. The van der Waals surface area contributed by atoms with Gasteiger partial charge in [0.25, 0.3) is 5.91 Å². The number of rotatable bonds is 3. The van der Waals surface area contributed by atoms with Gasteiger partial charge in [0.15, 0.2) is 0 Å². The van der Waals surface area contributed by atoms with Crippen LogP contribution in [-0.4, -0.2) is 10.9 Å². The summed E-state index contributed by atoms with van der Waals surface area (Å²) in [7, 11) is 0. The van der Waals surface area contributed by atoms with Gasteiger partial charge in [-0.15, -0.1) is 0 Å². The number of carbonyl (C=O) groups excluding carboxylic acids is 1. The summed E-state index contributed by atoms with van der Waals surface area (Å²) >= 11 is 0. The molecule has 0 saturated heterocycles. The average Bonchev–Trinajstić information content (AvgIpc) is 2.63. The first-order valence-corrected chi connectivity index (χ1v) is 7.72. The summed E-state index contributed by atoms with van der Waals surface area (Å²) in [5.74, 6) is -0.248. The second-order valence-electron chi connectivity index (χ2n) is 5.58. The van der Waals surface area contributed by atoms with Gasteiger partial charge < -0.3 is 11.1 Å². The Morgan fingerprint density at radius 1 is 1.12 bits per heavy atom. The fraction of sp³-hybridized carbons (Fsp3) is 0.0500. The molecule has 0 fully saturated rings. The Labute approximate surface area is 145 Å². The molecule has 0 aliphatic rings. The number of aromatic nitrogens is 1. The summed E-state index contributed by atoms with van der Waals surface area (Å²) in [6, 6.07) is 18.0. The van der Waals surface area contributed by atoms with Crippen molar-refractivity contribution < 1.29 is 4.79 Å². The predicted molar refractivity (Wildman–Crippen MR) is 97.9 cm³/mol. The third kappa shape index (κ3) is 3.33. The van der Waals surface area contributed by atoms with E-state index in [0.717, 1.165) is 11.1 Å². The molecule has 0 aliphatic carbocycles. The zero-order valence-electron chi connectivity index (χ0n) is 13.7. The fourth-order valence-electron chi connectivity index (χ4n) is 2.50. The number of nitrogen functional groups attached to an aromatic ring is 1. The van der Waals surface area contributed by atoms with Gasteiger partial charge in [-0.2, -0.15) is 5.26 Å². The Kier molecular flexibility index (Phi) is 4.44. The average molecular weight is 328 g/mol. The van der Waals surface area contributed by atoms with Crippen LogP contribution < -0.4 is 11.1 Å². The number of nitrogens with two attached hydrogens (primary N) is 1. The molecule has 0 saturated carbocycles. The second-order valence-corrected chi connectivity index (χ2v) is 5.58. The van der Waals surface area contributed by atoms with Gasteiger partial charge in [0, 0.05) is 17.3 Å². The molecule has 1 amide bonds. The Balaban J connectivity index is 1.86. The van der Waals surface area contributed by atoms with Crippen LogP contribution in [0.3, 0.4) is 0 Å². The molecule has 25 heavy (non-hydrogen) atoms. The molecule has 5 heteroatoms. The molecule has 0 spiro atoms. The molecule has 1 aromatic heterocycles. The molecular weight excluding hydrogens is 312 g/mol. The third-order valence-corrected chi connectivity index (χ3v) is 3.90. The number of nitriles is 1. The summed E-state index contributed by atoms with van der Waals surface area (Å²) in [4.78, 5) is 16.7. The SMILES string of the molecule is Cc1ccnc(-c2ccc(C(=O)Nc3ccccc3N)cc2)c1C#N. The topological polar surface area (TPSA) is 91.8 Å². The maximum absolute atomic E-state index is 12.4. The molecule has 1 heterocycles. The highest BCUT2D eigenvalue weighted by Crippen LogP contribution is 2.24. The third-order valence-electron chi connectivity index (χ3n) is 3.90. The number of amides is 1. The van der Waals surface area contributed by atoms with E-state index in [0.29, 0.717) is 28.2 Å². The number of nitrogens with one attached hydrogen (secondary N) is 1. The molecule has 2 aromatic carbocycles. The lowest BCUT2D eigenvalue weighted by Gasteiger charge is -2.09. The predicted octanol–water partition coefficient (Wildman–Crippen LogP) is 3.76. The highest BCUT2D eigenvalue weighted by atomic mass is 16.1. The summed E-state index contributed by atoms with van der Waals surface area (Å²) in [6.07, 6.45) is 1.67. The first-order valence-electron chi connectivity index (χ1n) is 7.72. The molecule has 0 radical (unpaired) electrons. The van der Waals surface area contributed by atoms with Crippen LogP contribution in [-0.2, 0) is 0 Å². The quantitative estimate of drug-likeness (QED) is 0.716. The fourth-order valence-corrected chi connectivity index (χ4v) is 2.50. The number of nitrogens with zero attached hydrogens (tertiary/aromatic N) is 2. The first-order chi connectivity index (χ1) is 12.1. The minimum atomic E-state index is -0.248. The highest BCUT2D eigenvalue weighted by molar-refractivity contribution is 6.05. The highest BCUT2D eigenvalue weighted by Gasteiger charge is 2.11. The van der Waals surface area contributed by atoms with Gasteiger partial charge in [-0.25, -0.2) is 0 Å². The number of hydrogen-bond acceptors (Lipinski definition) is 4. The lowest BCUT2D eigenvalue weighted by Crippen LogP contribution is -2.13. The molecule has 3 aromatic rings. The molecule has 5 nitrogen and oxygen atoms in total. The van der Waals surface area contributed by atoms with E-state index in [1.807, 2.05) is 13.0 Å². The largest absolute Gasteiger partial charge is 0.397 e. The van der Waals surface area contributed by atoms with E-state index in [1.54, 1.807) is 54.7 Å². The Morgan fingerprint density at radius 3 is 2.52 bits per heavy atom. The summed E-state index contributed by atoms with van der Waals surface area (Å²) in [5.41, 5.74) is 10.2. The normalized spacial score (nSPS) is 10.1. The van der Waals surface area contributed by atoms with Gasteiger partial charge in [0.1, 0.15) is 6.07 Å². The molecular formula is C20H16N4O. The van der Waals surface area contributed by atoms with Crippen molar-refractivity contribution in [3.63, 3.8) is 0 Å². The molecule has 0 bridgehead atoms. The minimum absolute atomic E-state index is 0.248. The van der Waals surface area contributed by atoms with E-state index < -0.39 is 0 Å². The maximum atomic E-state index is 12.4. The molecule has 3 rings (SSSR count). The van der Waals surface area contributed by atoms with Crippen LogP contribution in [0.4, 0.5) is 11.4 Å². The van der Waals surface area contributed by atoms with Crippen molar-refractivity contribution in [2.24, 2.45) is 0 Å². The van der Waals surface area contributed by atoms with Gasteiger partial charge in [0.05, 0.1) is 22.6 Å². The number of anilines is 2. The Morgan fingerprint density at radius 2 is 1.84 bits per heavy atom. The van der Waals surface area contributed by atoms with Crippen LogP contribution >= 0.6 is 0 Å². The summed E-state index contributed by atoms with van der Waals surface area (Å²) < 4.78 is 0. The van der Waals surface area contributed by atoms with Gasteiger partial charge in [-0.05, 0) is 42.8 Å². The van der Waals surface area contributed by atoms with E-state index >= 15 is 0 Å². The monoisotopic (exact) mass is 328 g/mol. The molecule has 3 N–H and O–H groups in total. The smallest absolute Gasteiger partial charge is 0.255 e. The van der Waals surface area contributed by atoms with Crippen LogP contribution in [0.15, 0.2) is 60.8 Å². The Hall–Kier alpha value is -3.65. The molecule has 0 atom stereocenters. The van der Waals surface area contributed by atoms with Gasteiger partial charge in [-0.1, -0.05) is 24.3 Å². The standard InChI is InChI=1S/C20H16N4O/c1-13-10-11-23-19(16(13)12-21)14-6-8-15(9-7-14)20(25)24-18-5-3-2-4-17(18)22/h2-11H,22H2,1H3,(H,24,25). The summed E-state index contributed by atoms with van der Waals surface area (Å²) in [6.45, 7) is 1.87. The van der Waals surface area contributed by atoms with E-state index in [-0.39, 0.29) is 5.91 Å². The number of hydrogen-bond donors (Lipinski definition) is 2. The first kappa shape index (κ1) is 16.2. The van der Waals surface area contributed by atoms with Crippen molar-refractivity contribution in [3.8, 4) is 17.3 Å². The minimum Gasteiger partial charge on any atom is -0.397 e. The van der Waals surface area contributed by atoms with Crippen molar-refractivity contribution in [2.75, 3.05) is 11.1 Å². The van der Waals surface area contributed by atoms with Gasteiger partial charge >= 0.3 is 0 Å². The van der Waals surface area contributed by atoms with E-state index in [2.05, 4.69) is 16.4 Å². The van der Waals surface area contributed by atoms with Crippen molar-refractivity contribution in [3.05, 3.63) is 77.5 Å². The van der Waals surface area contributed by atoms with Crippen LogP contribution in [0, 0.1) is 18.3 Å². The van der Waals surface area contributed by atoms with Crippen molar-refractivity contribution in [2.45, 2.75) is 6.92 Å². The number of benzene rings is 2. The van der Waals surface area contributed by atoms with Gasteiger partial charge in [0.2, 0.25) is 0 Å². The van der Waals surface area contributed by atoms with E-state index in [4.69, 9.17) is 5.73 Å². The van der Waals surface area contributed by atoms with E-state index in [9.17, 15) is 10.1 Å². The summed E-state index contributed by atoms with van der Waals surface area (Å²) in [5, 5.41) is 12.1. The number of aryl methyl sites for hydroxylation is 1. The number of carbonyl (C=O) groups is 1. The van der Waals surface area contributed by atoms with Crippen LogP contribution in [0.5, 0.6) is 0 Å². The van der Waals surface area contributed by atoms with Crippen molar-refractivity contribution in [1.82, 2.24) is 4.98 Å². The van der Waals surface area contributed by atoms with Crippen LogP contribution in [0.2, 0.25) is 0 Å². The number of pyridine rings is 1. The molecule has 0 aliphatic heterocycles. The maximum Gasteiger partial charge on any atom is 0.255 e. The zero-order chi connectivity index (χ0) is 17.8. The number of para-hydroxylation sites is 2. The van der Waals surface area contributed by atoms with E-state index in [1.165, 1.54) is 0 Å². The molecule has 0 unspecified atom stereocenters. The molecule has 122 valence electrons. The second kappa shape index (κ2) is 6.85. The lowest BCUT2D eigenvalue weighted by molar-refractivity contribution is 0.102.